The first-order valence-electron chi connectivity index (χ1n) is 8.14. The lowest BCUT2D eigenvalue weighted by molar-refractivity contribution is -0.136. The first-order valence-corrected chi connectivity index (χ1v) is 8.14. The number of nitrogens with one attached hydrogen (secondary N) is 1. The molecule has 1 heterocycles. The van der Waals surface area contributed by atoms with Gasteiger partial charge in [0.25, 0.3) is 0 Å². The molecule has 2 unspecified atom stereocenters. The van der Waals surface area contributed by atoms with Crippen LogP contribution in [0.5, 0.6) is 0 Å². The van der Waals surface area contributed by atoms with Gasteiger partial charge in [-0.3, -0.25) is 9.59 Å². The Kier molecular flexibility index (Phi) is 6.65. The van der Waals surface area contributed by atoms with Crippen LogP contribution in [0, 0.1) is 11.8 Å². The average molecular weight is 297 g/mol. The summed E-state index contributed by atoms with van der Waals surface area (Å²) >= 11 is 0. The number of nitrogens with two attached hydrogens (primary N) is 1. The van der Waals surface area contributed by atoms with Crippen LogP contribution in [0.25, 0.3) is 0 Å². The first kappa shape index (κ1) is 18.0. The summed E-state index contributed by atoms with van der Waals surface area (Å²) in [4.78, 5) is 26.3. The molecular weight excluding hydrogens is 266 g/mol. The van der Waals surface area contributed by atoms with Crippen molar-refractivity contribution in [1.29, 1.82) is 0 Å². The van der Waals surface area contributed by atoms with Crippen LogP contribution < -0.4 is 11.1 Å². The third-order valence-electron chi connectivity index (χ3n) is 4.72. The summed E-state index contributed by atoms with van der Waals surface area (Å²) in [6.45, 7) is 9.85. The number of carbonyl (C=O) groups is 2. The van der Waals surface area contributed by atoms with Crippen molar-refractivity contribution in [2.45, 2.75) is 58.9 Å². The maximum absolute atomic E-state index is 12.5. The Bertz CT molecular complexity index is 371. The van der Waals surface area contributed by atoms with Crippen LogP contribution >= 0.6 is 0 Å². The number of hydrogen-bond acceptors (Lipinski definition) is 3. The van der Waals surface area contributed by atoms with Crippen LogP contribution in [0.4, 0.5) is 0 Å². The molecule has 0 saturated carbocycles. The molecule has 0 aromatic carbocycles. The van der Waals surface area contributed by atoms with E-state index in [1.165, 1.54) is 0 Å². The van der Waals surface area contributed by atoms with E-state index in [1.807, 2.05) is 18.7 Å². The topological polar surface area (TPSA) is 75.4 Å². The molecule has 5 heteroatoms. The molecule has 0 radical (unpaired) electrons. The second-order valence-corrected chi connectivity index (χ2v) is 6.69. The zero-order chi connectivity index (χ0) is 16.0. The molecule has 3 N–H and O–H groups in total. The summed E-state index contributed by atoms with van der Waals surface area (Å²) in [6.07, 6.45) is 3.17. The van der Waals surface area contributed by atoms with Gasteiger partial charge in [-0.05, 0) is 32.1 Å². The fourth-order valence-corrected chi connectivity index (χ4v) is 2.60. The third-order valence-corrected chi connectivity index (χ3v) is 4.72. The number of amides is 2. The van der Waals surface area contributed by atoms with Crippen LogP contribution in [0.3, 0.4) is 0 Å². The van der Waals surface area contributed by atoms with E-state index in [2.05, 4.69) is 19.2 Å². The minimum absolute atomic E-state index is 0.0330. The number of carbonyl (C=O) groups excluding carboxylic acids is 2. The molecule has 0 spiro atoms. The van der Waals surface area contributed by atoms with Crippen molar-refractivity contribution in [2.24, 2.45) is 17.6 Å². The van der Waals surface area contributed by atoms with Crippen LogP contribution in [0.15, 0.2) is 0 Å². The van der Waals surface area contributed by atoms with Crippen molar-refractivity contribution in [3.8, 4) is 0 Å². The summed E-state index contributed by atoms with van der Waals surface area (Å²) in [7, 11) is 0. The van der Waals surface area contributed by atoms with Gasteiger partial charge in [-0.15, -0.1) is 0 Å². The Morgan fingerprint density at radius 1 is 1.43 bits per heavy atom. The predicted octanol–water partition coefficient (Wildman–Crippen LogP) is 1.51. The maximum atomic E-state index is 12.5. The van der Waals surface area contributed by atoms with E-state index < -0.39 is 0 Å². The normalized spacial score (nSPS) is 22.0. The molecule has 2 atom stereocenters. The van der Waals surface area contributed by atoms with E-state index in [0.29, 0.717) is 19.5 Å². The Labute approximate surface area is 128 Å². The van der Waals surface area contributed by atoms with E-state index in [9.17, 15) is 9.59 Å². The predicted molar refractivity (Wildman–Crippen MR) is 84.7 cm³/mol. The molecule has 1 aliphatic rings. The number of rotatable bonds is 6. The molecule has 5 nitrogen and oxygen atoms in total. The van der Waals surface area contributed by atoms with Gasteiger partial charge < -0.3 is 16.0 Å². The number of hydrogen-bond donors (Lipinski definition) is 2. The lowest BCUT2D eigenvalue weighted by atomic mass is 9.87. The van der Waals surface area contributed by atoms with Crippen molar-refractivity contribution in [1.82, 2.24) is 10.2 Å². The van der Waals surface area contributed by atoms with Crippen LogP contribution in [0.2, 0.25) is 0 Å². The highest BCUT2D eigenvalue weighted by atomic mass is 16.2. The van der Waals surface area contributed by atoms with E-state index >= 15 is 0 Å². The lowest BCUT2D eigenvalue weighted by Crippen LogP contribution is -2.58. The number of likely N-dealkylation sites (tertiary alicyclic amines) is 1. The van der Waals surface area contributed by atoms with Crippen LogP contribution in [-0.2, 0) is 9.59 Å². The Morgan fingerprint density at radius 2 is 2.10 bits per heavy atom. The fourth-order valence-electron chi connectivity index (χ4n) is 2.60. The Morgan fingerprint density at radius 3 is 2.62 bits per heavy atom. The van der Waals surface area contributed by atoms with Gasteiger partial charge in [-0.2, -0.15) is 0 Å². The second-order valence-electron chi connectivity index (χ2n) is 6.69. The highest BCUT2D eigenvalue weighted by Crippen LogP contribution is 2.21. The van der Waals surface area contributed by atoms with E-state index in [-0.39, 0.29) is 29.2 Å². The molecule has 0 aromatic heterocycles. The molecule has 1 saturated heterocycles. The quantitative estimate of drug-likeness (QED) is 0.780. The minimum atomic E-state index is -0.382. The summed E-state index contributed by atoms with van der Waals surface area (Å²) in [5.41, 5.74) is 5.44. The molecule has 21 heavy (non-hydrogen) atoms. The van der Waals surface area contributed by atoms with Crippen molar-refractivity contribution in [3.63, 3.8) is 0 Å². The lowest BCUT2D eigenvalue weighted by Gasteiger charge is -2.37. The van der Waals surface area contributed by atoms with Crippen molar-refractivity contribution in [3.05, 3.63) is 0 Å². The Hall–Kier alpha value is -1.10. The third kappa shape index (κ3) is 4.70. The SMILES string of the molecule is CCCC(=O)N1CCCC(C(=O)NC(C)(CN)C(C)C)C1. The molecule has 1 fully saturated rings. The molecule has 0 aromatic rings. The summed E-state index contributed by atoms with van der Waals surface area (Å²) in [5.74, 6) is 0.364. The molecule has 0 bridgehead atoms. The zero-order valence-electron chi connectivity index (χ0n) is 13.9. The Balaban J connectivity index is 2.64. The smallest absolute Gasteiger partial charge is 0.225 e. The van der Waals surface area contributed by atoms with Gasteiger partial charge in [0.1, 0.15) is 0 Å². The molecule has 1 rings (SSSR count). The largest absolute Gasteiger partial charge is 0.349 e. The van der Waals surface area contributed by atoms with Gasteiger partial charge in [0, 0.05) is 26.1 Å². The van der Waals surface area contributed by atoms with Crippen LogP contribution in [-0.4, -0.2) is 41.9 Å². The number of nitrogens with zero attached hydrogens (tertiary/aromatic N) is 1. The van der Waals surface area contributed by atoms with Gasteiger partial charge >= 0.3 is 0 Å². The van der Waals surface area contributed by atoms with Crippen LogP contribution in [0.1, 0.15) is 53.4 Å². The molecular formula is C16H31N3O2. The average Bonchev–Trinajstić information content (AvgIpc) is 2.47. The summed E-state index contributed by atoms with van der Waals surface area (Å²) in [6, 6.07) is 0. The first-order chi connectivity index (χ1) is 9.84. The summed E-state index contributed by atoms with van der Waals surface area (Å²) < 4.78 is 0. The molecule has 1 aliphatic heterocycles. The van der Waals surface area contributed by atoms with E-state index in [0.717, 1.165) is 25.8 Å². The molecule has 0 aliphatic carbocycles. The second kappa shape index (κ2) is 7.78. The van der Waals surface area contributed by atoms with Gasteiger partial charge in [0.2, 0.25) is 11.8 Å². The highest BCUT2D eigenvalue weighted by molar-refractivity contribution is 5.82. The van der Waals surface area contributed by atoms with Gasteiger partial charge in [0.15, 0.2) is 0 Å². The minimum Gasteiger partial charge on any atom is -0.349 e. The van der Waals surface area contributed by atoms with Crippen molar-refractivity contribution in [2.75, 3.05) is 19.6 Å². The molecule has 122 valence electrons. The number of piperidine rings is 1. The van der Waals surface area contributed by atoms with Crippen molar-refractivity contribution >= 4 is 11.8 Å². The van der Waals surface area contributed by atoms with Gasteiger partial charge in [-0.25, -0.2) is 0 Å². The standard InChI is InChI=1S/C16H31N3O2/c1-5-7-14(20)19-9-6-8-13(10-19)15(21)18-16(4,11-17)12(2)3/h12-13H,5-11,17H2,1-4H3,(H,18,21). The maximum Gasteiger partial charge on any atom is 0.225 e. The summed E-state index contributed by atoms with van der Waals surface area (Å²) in [5, 5.41) is 3.10. The van der Waals surface area contributed by atoms with Crippen molar-refractivity contribution < 1.29 is 9.59 Å². The highest BCUT2D eigenvalue weighted by Gasteiger charge is 2.34. The van der Waals surface area contributed by atoms with E-state index in [1.54, 1.807) is 0 Å². The van der Waals surface area contributed by atoms with Gasteiger partial charge in [0.05, 0.1) is 11.5 Å². The van der Waals surface area contributed by atoms with E-state index in [4.69, 9.17) is 5.73 Å². The monoisotopic (exact) mass is 297 g/mol. The zero-order valence-corrected chi connectivity index (χ0v) is 13.9. The molecule has 2 amide bonds. The fraction of sp³-hybridized carbons (Fsp3) is 0.875. The van der Waals surface area contributed by atoms with Gasteiger partial charge in [-0.1, -0.05) is 20.8 Å².